The summed E-state index contributed by atoms with van der Waals surface area (Å²) in [6.07, 6.45) is 1.03. The monoisotopic (exact) mass is 457 g/mol. The summed E-state index contributed by atoms with van der Waals surface area (Å²) >= 11 is 0. The van der Waals surface area contributed by atoms with Gasteiger partial charge in [0, 0.05) is 13.0 Å². The average Bonchev–Trinajstić information content (AvgIpc) is 3.19. The van der Waals surface area contributed by atoms with Crippen LogP contribution in [0.1, 0.15) is 23.9 Å². The van der Waals surface area contributed by atoms with E-state index in [0.717, 1.165) is 39.5 Å². The molecule has 0 atom stereocenters. The van der Waals surface area contributed by atoms with E-state index in [-0.39, 0.29) is 5.91 Å². The van der Waals surface area contributed by atoms with Gasteiger partial charge in [0.15, 0.2) is 11.5 Å². The van der Waals surface area contributed by atoms with Gasteiger partial charge in [0.25, 0.3) is 0 Å². The molecule has 3 aromatic carbocycles. The molecule has 0 aliphatic rings. The first kappa shape index (κ1) is 23.4. The zero-order valence-corrected chi connectivity index (χ0v) is 19.8. The Balaban J connectivity index is 1.39. The molecule has 0 aliphatic carbocycles. The lowest BCUT2D eigenvalue weighted by Crippen LogP contribution is -2.28. The fourth-order valence-electron chi connectivity index (χ4n) is 4.01. The first-order valence-electron chi connectivity index (χ1n) is 11.8. The SMILES string of the molecule is CCOc1ccccc1OCCn1c(CCNC(=O)Cc2ccccc2C)nc2ccccc21. The number of nitrogens with one attached hydrogen (secondary N) is 1. The fourth-order valence-corrected chi connectivity index (χ4v) is 4.01. The predicted octanol–water partition coefficient (Wildman–Crippen LogP) is 4.72. The first-order chi connectivity index (χ1) is 16.7. The molecule has 1 amide bonds. The second-order valence-electron chi connectivity index (χ2n) is 8.10. The van der Waals surface area contributed by atoms with Gasteiger partial charge >= 0.3 is 0 Å². The number of hydrogen-bond acceptors (Lipinski definition) is 4. The molecule has 0 aliphatic heterocycles. The summed E-state index contributed by atoms with van der Waals surface area (Å²) in [7, 11) is 0. The van der Waals surface area contributed by atoms with Crippen LogP contribution in [0.15, 0.2) is 72.8 Å². The smallest absolute Gasteiger partial charge is 0.224 e. The molecule has 34 heavy (non-hydrogen) atoms. The Morgan fingerprint density at radius 3 is 2.44 bits per heavy atom. The molecule has 1 heterocycles. The lowest BCUT2D eigenvalue weighted by molar-refractivity contribution is -0.120. The fraction of sp³-hybridized carbons (Fsp3) is 0.286. The summed E-state index contributed by atoms with van der Waals surface area (Å²) in [5.74, 6) is 2.43. The van der Waals surface area contributed by atoms with Crippen LogP contribution in [-0.4, -0.2) is 35.2 Å². The van der Waals surface area contributed by atoms with Gasteiger partial charge in [-0.15, -0.1) is 0 Å². The van der Waals surface area contributed by atoms with Crippen LogP contribution in [0, 0.1) is 6.92 Å². The lowest BCUT2D eigenvalue weighted by atomic mass is 10.1. The van der Waals surface area contributed by atoms with Crippen LogP contribution < -0.4 is 14.8 Å². The zero-order valence-electron chi connectivity index (χ0n) is 19.8. The normalized spacial score (nSPS) is 10.9. The van der Waals surface area contributed by atoms with Crippen LogP contribution in [0.25, 0.3) is 11.0 Å². The van der Waals surface area contributed by atoms with Gasteiger partial charge in [-0.05, 0) is 49.2 Å². The molecule has 0 fully saturated rings. The van der Waals surface area contributed by atoms with Gasteiger partial charge in [-0.1, -0.05) is 48.5 Å². The third-order valence-corrected chi connectivity index (χ3v) is 5.74. The molecule has 4 rings (SSSR count). The van der Waals surface area contributed by atoms with Crippen molar-refractivity contribution in [3.05, 3.63) is 89.7 Å². The van der Waals surface area contributed by atoms with E-state index in [4.69, 9.17) is 14.5 Å². The van der Waals surface area contributed by atoms with Crippen LogP contribution in [0.5, 0.6) is 11.5 Å². The molecule has 4 aromatic rings. The molecular formula is C28H31N3O3. The molecule has 6 nitrogen and oxygen atoms in total. The number of benzene rings is 3. The Hall–Kier alpha value is -3.80. The lowest BCUT2D eigenvalue weighted by Gasteiger charge is -2.14. The molecule has 1 N–H and O–H groups in total. The van der Waals surface area contributed by atoms with E-state index in [0.29, 0.717) is 39.1 Å². The van der Waals surface area contributed by atoms with Crippen LogP contribution in [0.2, 0.25) is 0 Å². The van der Waals surface area contributed by atoms with Gasteiger partial charge in [0.05, 0.1) is 30.6 Å². The summed E-state index contributed by atoms with van der Waals surface area (Å²) in [5.41, 5.74) is 4.19. The van der Waals surface area contributed by atoms with Gasteiger partial charge in [-0.25, -0.2) is 4.98 Å². The number of aromatic nitrogens is 2. The number of amides is 1. The van der Waals surface area contributed by atoms with Crippen LogP contribution in [0.4, 0.5) is 0 Å². The van der Waals surface area contributed by atoms with Crippen LogP contribution in [-0.2, 0) is 24.2 Å². The molecule has 0 saturated heterocycles. The summed E-state index contributed by atoms with van der Waals surface area (Å²) in [5, 5.41) is 3.04. The number of imidazole rings is 1. The highest BCUT2D eigenvalue weighted by Crippen LogP contribution is 2.26. The number of nitrogens with zero attached hydrogens (tertiary/aromatic N) is 2. The zero-order chi connectivity index (χ0) is 23.8. The van der Waals surface area contributed by atoms with E-state index in [1.165, 1.54) is 0 Å². The minimum Gasteiger partial charge on any atom is -0.490 e. The molecular weight excluding hydrogens is 426 g/mol. The number of carbonyl (C=O) groups excluding carboxylic acids is 1. The van der Waals surface area contributed by atoms with E-state index in [2.05, 4.69) is 16.0 Å². The molecule has 176 valence electrons. The second kappa shape index (κ2) is 11.4. The first-order valence-corrected chi connectivity index (χ1v) is 11.8. The van der Waals surface area contributed by atoms with Crippen molar-refractivity contribution in [2.24, 2.45) is 0 Å². The topological polar surface area (TPSA) is 65.4 Å². The van der Waals surface area contributed by atoms with Crippen molar-refractivity contribution in [1.82, 2.24) is 14.9 Å². The summed E-state index contributed by atoms with van der Waals surface area (Å²) < 4.78 is 13.9. The minimum absolute atomic E-state index is 0.0211. The highest BCUT2D eigenvalue weighted by molar-refractivity contribution is 5.79. The number of rotatable bonds is 11. The van der Waals surface area contributed by atoms with Crippen molar-refractivity contribution in [3.63, 3.8) is 0 Å². The van der Waals surface area contributed by atoms with Crippen molar-refractivity contribution in [2.45, 2.75) is 33.2 Å². The molecule has 0 unspecified atom stereocenters. The third-order valence-electron chi connectivity index (χ3n) is 5.74. The van der Waals surface area contributed by atoms with Crippen molar-refractivity contribution in [1.29, 1.82) is 0 Å². The largest absolute Gasteiger partial charge is 0.490 e. The van der Waals surface area contributed by atoms with E-state index >= 15 is 0 Å². The molecule has 0 bridgehead atoms. The maximum absolute atomic E-state index is 12.5. The van der Waals surface area contributed by atoms with Gasteiger partial charge in [-0.2, -0.15) is 0 Å². The highest BCUT2D eigenvalue weighted by Gasteiger charge is 2.12. The Morgan fingerprint density at radius 2 is 1.65 bits per heavy atom. The summed E-state index contributed by atoms with van der Waals surface area (Å²) in [6, 6.07) is 23.8. The van der Waals surface area contributed by atoms with Gasteiger partial charge in [0.1, 0.15) is 12.4 Å². The van der Waals surface area contributed by atoms with Crippen molar-refractivity contribution < 1.29 is 14.3 Å². The predicted molar refractivity (Wildman–Crippen MR) is 134 cm³/mol. The quantitative estimate of drug-likeness (QED) is 0.354. The van der Waals surface area contributed by atoms with E-state index < -0.39 is 0 Å². The molecule has 6 heteroatoms. The Bertz CT molecular complexity index is 1250. The molecule has 0 radical (unpaired) electrons. The molecule has 0 spiro atoms. The van der Waals surface area contributed by atoms with Crippen LogP contribution >= 0.6 is 0 Å². The number of carbonyl (C=O) groups is 1. The summed E-state index contributed by atoms with van der Waals surface area (Å²) in [6.45, 7) is 6.24. The highest BCUT2D eigenvalue weighted by atomic mass is 16.5. The number of aryl methyl sites for hydroxylation is 1. The van der Waals surface area contributed by atoms with Gasteiger partial charge in [0.2, 0.25) is 5.91 Å². The Kier molecular flexibility index (Phi) is 7.81. The Labute approximate surface area is 200 Å². The van der Waals surface area contributed by atoms with E-state index in [1.807, 2.05) is 80.6 Å². The maximum atomic E-state index is 12.5. The third kappa shape index (κ3) is 5.76. The minimum atomic E-state index is 0.0211. The van der Waals surface area contributed by atoms with Crippen LogP contribution in [0.3, 0.4) is 0 Å². The van der Waals surface area contributed by atoms with E-state index in [1.54, 1.807) is 0 Å². The number of hydrogen-bond donors (Lipinski definition) is 1. The average molecular weight is 458 g/mol. The Morgan fingerprint density at radius 1 is 0.941 bits per heavy atom. The van der Waals surface area contributed by atoms with Crippen molar-refractivity contribution in [2.75, 3.05) is 19.8 Å². The van der Waals surface area contributed by atoms with E-state index in [9.17, 15) is 4.79 Å². The number of para-hydroxylation sites is 4. The van der Waals surface area contributed by atoms with Crippen molar-refractivity contribution >= 4 is 16.9 Å². The summed E-state index contributed by atoms with van der Waals surface area (Å²) in [4.78, 5) is 17.3. The second-order valence-corrected chi connectivity index (χ2v) is 8.10. The number of fused-ring (bicyclic) bond motifs is 1. The molecule has 0 saturated carbocycles. The van der Waals surface area contributed by atoms with Gasteiger partial charge < -0.3 is 19.4 Å². The van der Waals surface area contributed by atoms with Gasteiger partial charge in [-0.3, -0.25) is 4.79 Å². The number of ether oxygens (including phenoxy) is 2. The van der Waals surface area contributed by atoms with Crippen molar-refractivity contribution in [3.8, 4) is 11.5 Å². The maximum Gasteiger partial charge on any atom is 0.224 e. The standard InChI is InChI=1S/C28H31N3O3/c1-3-33-25-14-8-9-15-26(25)34-19-18-31-24-13-7-6-12-23(24)30-27(31)16-17-29-28(32)20-22-11-5-4-10-21(22)2/h4-15H,3,16-20H2,1-2H3,(H,29,32). The molecule has 1 aromatic heterocycles.